The van der Waals surface area contributed by atoms with Crippen LogP contribution in [0.15, 0.2) is 66.9 Å². The number of carbonyl (C=O) groups excluding carboxylic acids is 2. The lowest BCUT2D eigenvalue weighted by Crippen LogP contribution is -2.23. The lowest BCUT2D eigenvalue weighted by Gasteiger charge is -2.06. The number of aromatic amines is 1. The van der Waals surface area contributed by atoms with Crippen LogP contribution in [0.4, 0.5) is 10.2 Å². The third-order valence-electron chi connectivity index (χ3n) is 4.32. The smallest absolute Gasteiger partial charge is 0.256 e. The molecular weight excluding hydrogens is 373 g/mol. The number of halogens is 1. The van der Waals surface area contributed by atoms with Gasteiger partial charge in [-0.05, 0) is 54.6 Å². The van der Waals surface area contributed by atoms with Crippen molar-refractivity contribution in [1.29, 1.82) is 0 Å². The fourth-order valence-corrected chi connectivity index (χ4v) is 2.81. The molecule has 8 heteroatoms. The van der Waals surface area contributed by atoms with E-state index in [2.05, 4.69) is 25.8 Å². The summed E-state index contributed by atoms with van der Waals surface area (Å²) >= 11 is 0. The predicted octanol–water partition coefficient (Wildman–Crippen LogP) is 3.28. The Morgan fingerprint density at radius 3 is 2.52 bits per heavy atom. The van der Waals surface area contributed by atoms with E-state index < -0.39 is 11.7 Å². The molecule has 0 aliphatic heterocycles. The monoisotopic (exact) mass is 389 g/mol. The minimum Gasteiger partial charge on any atom is -0.346 e. The van der Waals surface area contributed by atoms with Crippen LogP contribution in [0.3, 0.4) is 0 Å². The van der Waals surface area contributed by atoms with Crippen molar-refractivity contribution in [2.24, 2.45) is 0 Å². The van der Waals surface area contributed by atoms with Gasteiger partial charge in [0, 0.05) is 22.7 Å². The van der Waals surface area contributed by atoms with Crippen molar-refractivity contribution in [2.75, 3.05) is 5.32 Å². The largest absolute Gasteiger partial charge is 0.346 e. The fraction of sp³-hybridized carbons (Fsp3) is 0.0476. The Bertz CT molecular complexity index is 1170. The lowest BCUT2D eigenvalue weighted by molar-refractivity contribution is 0.0949. The number of amides is 2. The van der Waals surface area contributed by atoms with E-state index in [1.807, 2.05) is 12.1 Å². The number of anilines is 1. The molecule has 0 fully saturated rings. The number of nitrogens with one attached hydrogen (secondary N) is 3. The molecule has 2 aromatic carbocycles. The molecule has 2 amide bonds. The topological polar surface area (TPSA) is 99.8 Å². The molecule has 4 rings (SSSR count). The molecule has 0 unspecified atom stereocenters. The first-order valence-corrected chi connectivity index (χ1v) is 8.83. The zero-order valence-electron chi connectivity index (χ0n) is 15.1. The molecule has 0 aliphatic rings. The molecule has 0 aliphatic carbocycles. The van der Waals surface area contributed by atoms with Gasteiger partial charge in [-0.3, -0.25) is 19.7 Å². The van der Waals surface area contributed by atoms with Gasteiger partial charge in [0.05, 0.1) is 17.8 Å². The Hall–Kier alpha value is -4.07. The maximum Gasteiger partial charge on any atom is 0.256 e. The number of H-pyrrole nitrogens is 1. The third-order valence-corrected chi connectivity index (χ3v) is 4.32. The molecule has 144 valence electrons. The van der Waals surface area contributed by atoms with Crippen molar-refractivity contribution >= 4 is 28.5 Å². The lowest BCUT2D eigenvalue weighted by atomic mass is 10.1. The normalized spacial score (nSPS) is 10.7. The number of nitrogens with zero attached hydrogens (tertiary/aromatic N) is 2. The van der Waals surface area contributed by atoms with Gasteiger partial charge in [0.2, 0.25) is 0 Å². The van der Waals surface area contributed by atoms with E-state index in [1.54, 1.807) is 30.5 Å². The van der Waals surface area contributed by atoms with Crippen molar-refractivity contribution in [3.05, 3.63) is 89.5 Å². The predicted molar refractivity (Wildman–Crippen MR) is 106 cm³/mol. The highest BCUT2D eigenvalue weighted by molar-refractivity contribution is 6.09. The molecule has 0 bridgehead atoms. The maximum atomic E-state index is 13.0. The van der Waals surface area contributed by atoms with Crippen LogP contribution in [-0.2, 0) is 6.54 Å². The van der Waals surface area contributed by atoms with Gasteiger partial charge in [-0.2, -0.15) is 5.10 Å². The second-order valence-corrected chi connectivity index (χ2v) is 6.30. The summed E-state index contributed by atoms with van der Waals surface area (Å²) in [6.45, 7) is 0.303. The Kier molecular flexibility index (Phi) is 4.98. The Labute approximate surface area is 165 Å². The number of hydrogen-bond acceptors (Lipinski definition) is 4. The van der Waals surface area contributed by atoms with E-state index in [0.717, 1.165) is 5.69 Å². The number of carbonyl (C=O) groups is 2. The number of pyridine rings is 1. The SMILES string of the molecule is O=C(NCc1ccccn1)c1ccc2[nH]nc(NC(=O)c3ccc(F)cc3)c2c1. The van der Waals surface area contributed by atoms with Crippen LogP contribution < -0.4 is 10.6 Å². The van der Waals surface area contributed by atoms with Crippen molar-refractivity contribution in [3.63, 3.8) is 0 Å². The summed E-state index contributed by atoms with van der Waals surface area (Å²) in [6, 6.07) is 15.7. The molecule has 0 radical (unpaired) electrons. The van der Waals surface area contributed by atoms with E-state index in [4.69, 9.17) is 0 Å². The molecule has 7 nitrogen and oxygen atoms in total. The summed E-state index contributed by atoms with van der Waals surface area (Å²) in [6.07, 6.45) is 1.66. The standard InChI is InChI=1S/C21H16FN5O2/c22-15-7-4-13(5-8-15)21(29)25-19-17-11-14(6-9-18(17)26-27-19)20(28)24-12-16-3-1-2-10-23-16/h1-11H,12H2,(H,24,28)(H2,25,26,27,29). The fourth-order valence-electron chi connectivity index (χ4n) is 2.81. The van der Waals surface area contributed by atoms with Gasteiger partial charge in [-0.1, -0.05) is 6.07 Å². The number of benzene rings is 2. The van der Waals surface area contributed by atoms with Crippen LogP contribution in [0.25, 0.3) is 10.9 Å². The van der Waals surface area contributed by atoms with E-state index >= 15 is 0 Å². The van der Waals surface area contributed by atoms with Crippen LogP contribution in [0.1, 0.15) is 26.4 Å². The van der Waals surface area contributed by atoms with Gasteiger partial charge in [0.15, 0.2) is 5.82 Å². The maximum absolute atomic E-state index is 13.0. The first-order chi connectivity index (χ1) is 14.1. The summed E-state index contributed by atoms with van der Waals surface area (Å²) in [5, 5.41) is 13.0. The molecule has 4 aromatic rings. The molecule has 0 atom stereocenters. The molecule has 0 saturated heterocycles. The first kappa shape index (κ1) is 18.3. The van der Waals surface area contributed by atoms with Crippen molar-refractivity contribution in [2.45, 2.75) is 6.54 Å². The van der Waals surface area contributed by atoms with E-state index in [1.165, 1.54) is 24.3 Å². The van der Waals surface area contributed by atoms with Crippen LogP contribution in [0.2, 0.25) is 0 Å². The highest BCUT2D eigenvalue weighted by Crippen LogP contribution is 2.22. The minimum absolute atomic E-state index is 0.269. The van der Waals surface area contributed by atoms with Gasteiger partial charge in [-0.25, -0.2) is 4.39 Å². The Morgan fingerprint density at radius 2 is 1.76 bits per heavy atom. The number of rotatable bonds is 5. The average molecular weight is 389 g/mol. The quantitative estimate of drug-likeness (QED) is 0.488. The highest BCUT2D eigenvalue weighted by atomic mass is 19.1. The van der Waals surface area contributed by atoms with Gasteiger partial charge < -0.3 is 10.6 Å². The summed E-state index contributed by atoms with van der Waals surface area (Å²) in [4.78, 5) is 29.0. The second-order valence-electron chi connectivity index (χ2n) is 6.30. The number of hydrogen-bond donors (Lipinski definition) is 3. The zero-order valence-corrected chi connectivity index (χ0v) is 15.1. The van der Waals surface area contributed by atoms with E-state index in [-0.39, 0.29) is 11.7 Å². The van der Waals surface area contributed by atoms with Crippen molar-refractivity contribution in [1.82, 2.24) is 20.5 Å². The Balaban J connectivity index is 1.52. The molecule has 2 heterocycles. The molecular formula is C21H16FN5O2. The average Bonchev–Trinajstić information content (AvgIpc) is 3.15. The summed E-state index contributed by atoms with van der Waals surface area (Å²) < 4.78 is 13.0. The number of aromatic nitrogens is 3. The molecule has 29 heavy (non-hydrogen) atoms. The highest BCUT2D eigenvalue weighted by Gasteiger charge is 2.14. The van der Waals surface area contributed by atoms with Crippen LogP contribution in [0, 0.1) is 5.82 Å². The van der Waals surface area contributed by atoms with Gasteiger partial charge >= 0.3 is 0 Å². The summed E-state index contributed by atoms with van der Waals surface area (Å²) in [5.74, 6) is -0.834. The molecule has 2 aromatic heterocycles. The van der Waals surface area contributed by atoms with E-state index in [9.17, 15) is 14.0 Å². The van der Waals surface area contributed by atoms with Crippen LogP contribution in [-0.4, -0.2) is 27.0 Å². The summed E-state index contributed by atoms with van der Waals surface area (Å²) in [5.41, 5.74) is 2.14. The number of fused-ring (bicyclic) bond motifs is 1. The third kappa shape index (κ3) is 4.11. The van der Waals surface area contributed by atoms with Crippen molar-refractivity contribution < 1.29 is 14.0 Å². The Morgan fingerprint density at radius 1 is 0.966 bits per heavy atom. The molecule has 0 spiro atoms. The van der Waals surface area contributed by atoms with E-state index in [0.29, 0.717) is 28.6 Å². The first-order valence-electron chi connectivity index (χ1n) is 8.83. The van der Waals surface area contributed by atoms with Gasteiger partial charge in [0.1, 0.15) is 5.82 Å². The summed E-state index contributed by atoms with van der Waals surface area (Å²) in [7, 11) is 0. The minimum atomic E-state index is -0.427. The van der Waals surface area contributed by atoms with Gasteiger partial charge in [-0.15, -0.1) is 0 Å². The molecule has 3 N–H and O–H groups in total. The van der Waals surface area contributed by atoms with Crippen LogP contribution >= 0.6 is 0 Å². The van der Waals surface area contributed by atoms with Crippen LogP contribution in [0.5, 0.6) is 0 Å². The second kappa shape index (κ2) is 7.89. The van der Waals surface area contributed by atoms with Gasteiger partial charge in [0.25, 0.3) is 11.8 Å². The zero-order chi connectivity index (χ0) is 20.2. The molecule has 0 saturated carbocycles. The van der Waals surface area contributed by atoms with Crippen molar-refractivity contribution in [3.8, 4) is 0 Å².